The molecule has 2 aromatic rings. The van der Waals surface area contributed by atoms with Gasteiger partial charge in [-0.25, -0.2) is 4.39 Å². The fourth-order valence-corrected chi connectivity index (χ4v) is 2.15. The predicted octanol–water partition coefficient (Wildman–Crippen LogP) is 4.27. The molecule has 0 aromatic heterocycles. The Balaban J connectivity index is 1.91. The van der Waals surface area contributed by atoms with Crippen LogP contribution in [-0.2, 0) is 17.6 Å². The number of hydrogen-bond acceptors (Lipinski definition) is 1. The Labute approximate surface area is 125 Å². The minimum absolute atomic E-state index is 0.168. The second-order valence-electron chi connectivity index (χ2n) is 5.20. The summed E-state index contributed by atoms with van der Waals surface area (Å²) >= 11 is 0. The highest BCUT2D eigenvalue weighted by Crippen LogP contribution is 2.16. The van der Waals surface area contributed by atoms with Gasteiger partial charge in [0.05, 0.1) is 5.69 Å². The fraction of sp³-hybridized carbons (Fsp3) is 0.278. The number of aryl methyl sites for hydroxylation is 3. The zero-order valence-corrected chi connectivity index (χ0v) is 12.4. The maximum atomic E-state index is 13.6. The number of rotatable bonds is 5. The molecule has 0 spiro atoms. The van der Waals surface area contributed by atoms with E-state index >= 15 is 0 Å². The van der Waals surface area contributed by atoms with Crippen molar-refractivity contribution in [3.05, 3.63) is 65.0 Å². The molecule has 2 nitrogen and oxygen atoms in total. The van der Waals surface area contributed by atoms with Gasteiger partial charge in [0, 0.05) is 6.42 Å². The SMILES string of the molecule is CCc1ccc(CCC(=O)Nc2cc(C)ccc2F)cc1. The van der Waals surface area contributed by atoms with Gasteiger partial charge in [-0.2, -0.15) is 0 Å². The number of nitrogens with one attached hydrogen (secondary N) is 1. The van der Waals surface area contributed by atoms with E-state index < -0.39 is 5.82 Å². The first-order chi connectivity index (χ1) is 10.1. The van der Waals surface area contributed by atoms with E-state index in [1.807, 2.05) is 19.1 Å². The van der Waals surface area contributed by atoms with Crippen LogP contribution < -0.4 is 5.32 Å². The Morgan fingerprint density at radius 3 is 2.43 bits per heavy atom. The Morgan fingerprint density at radius 1 is 1.10 bits per heavy atom. The first-order valence-corrected chi connectivity index (χ1v) is 7.22. The highest BCUT2D eigenvalue weighted by Gasteiger charge is 2.07. The van der Waals surface area contributed by atoms with Gasteiger partial charge < -0.3 is 5.32 Å². The predicted molar refractivity (Wildman–Crippen MR) is 83.9 cm³/mol. The van der Waals surface area contributed by atoms with Gasteiger partial charge in [-0.1, -0.05) is 37.3 Å². The van der Waals surface area contributed by atoms with Crippen molar-refractivity contribution in [1.82, 2.24) is 0 Å². The lowest BCUT2D eigenvalue weighted by Crippen LogP contribution is -2.13. The van der Waals surface area contributed by atoms with E-state index in [1.165, 1.54) is 11.6 Å². The molecule has 3 heteroatoms. The van der Waals surface area contributed by atoms with Crippen LogP contribution in [0.1, 0.15) is 30.0 Å². The molecule has 21 heavy (non-hydrogen) atoms. The minimum Gasteiger partial charge on any atom is -0.324 e. The first-order valence-electron chi connectivity index (χ1n) is 7.22. The van der Waals surface area contributed by atoms with Crippen molar-refractivity contribution in [1.29, 1.82) is 0 Å². The van der Waals surface area contributed by atoms with Crippen molar-refractivity contribution in [2.24, 2.45) is 0 Å². The van der Waals surface area contributed by atoms with Gasteiger partial charge in [0.25, 0.3) is 0 Å². The third kappa shape index (κ3) is 4.42. The number of carbonyl (C=O) groups excluding carboxylic acids is 1. The van der Waals surface area contributed by atoms with E-state index in [1.54, 1.807) is 12.1 Å². The number of amides is 1. The lowest BCUT2D eigenvalue weighted by molar-refractivity contribution is -0.116. The third-order valence-electron chi connectivity index (χ3n) is 3.47. The molecule has 0 saturated carbocycles. The van der Waals surface area contributed by atoms with Crippen LogP contribution in [0.5, 0.6) is 0 Å². The van der Waals surface area contributed by atoms with E-state index in [-0.39, 0.29) is 11.6 Å². The molecule has 1 N–H and O–H groups in total. The molecule has 2 rings (SSSR count). The molecule has 0 aliphatic heterocycles. The average molecular weight is 285 g/mol. The lowest BCUT2D eigenvalue weighted by atomic mass is 10.1. The summed E-state index contributed by atoms with van der Waals surface area (Å²) in [5, 5.41) is 2.63. The topological polar surface area (TPSA) is 29.1 Å². The average Bonchev–Trinajstić information content (AvgIpc) is 2.49. The maximum absolute atomic E-state index is 13.6. The van der Waals surface area contributed by atoms with Crippen LogP contribution in [-0.4, -0.2) is 5.91 Å². The smallest absolute Gasteiger partial charge is 0.224 e. The number of hydrogen-bond donors (Lipinski definition) is 1. The fourth-order valence-electron chi connectivity index (χ4n) is 2.15. The summed E-state index contributed by atoms with van der Waals surface area (Å²) in [6.07, 6.45) is 2.01. The summed E-state index contributed by atoms with van der Waals surface area (Å²) in [7, 11) is 0. The lowest BCUT2D eigenvalue weighted by Gasteiger charge is -2.07. The highest BCUT2D eigenvalue weighted by molar-refractivity contribution is 5.91. The van der Waals surface area contributed by atoms with Gasteiger partial charge in [0.2, 0.25) is 5.91 Å². The number of benzene rings is 2. The van der Waals surface area contributed by atoms with Crippen LogP contribution in [0.3, 0.4) is 0 Å². The van der Waals surface area contributed by atoms with E-state index in [9.17, 15) is 9.18 Å². The van der Waals surface area contributed by atoms with Gasteiger partial charge in [-0.05, 0) is 48.6 Å². The van der Waals surface area contributed by atoms with Crippen molar-refractivity contribution in [3.8, 4) is 0 Å². The van der Waals surface area contributed by atoms with Crippen LogP contribution in [0.15, 0.2) is 42.5 Å². The molecule has 0 unspecified atom stereocenters. The molecule has 110 valence electrons. The molecular formula is C18H20FNO. The van der Waals surface area contributed by atoms with Crippen LogP contribution in [0.25, 0.3) is 0 Å². The quantitative estimate of drug-likeness (QED) is 0.873. The van der Waals surface area contributed by atoms with Gasteiger partial charge >= 0.3 is 0 Å². The molecular weight excluding hydrogens is 265 g/mol. The van der Waals surface area contributed by atoms with Gasteiger partial charge in [0.15, 0.2) is 0 Å². The van der Waals surface area contributed by atoms with Gasteiger partial charge in [0.1, 0.15) is 5.82 Å². The molecule has 0 saturated heterocycles. The van der Waals surface area contributed by atoms with Crippen molar-refractivity contribution < 1.29 is 9.18 Å². The molecule has 0 atom stereocenters. The second kappa shape index (κ2) is 7.02. The summed E-state index contributed by atoms with van der Waals surface area (Å²) in [5.41, 5.74) is 3.57. The second-order valence-corrected chi connectivity index (χ2v) is 5.20. The molecule has 0 fully saturated rings. The van der Waals surface area contributed by atoms with Gasteiger partial charge in [-0.3, -0.25) is 4.79 Å². The molecule has 0 aliphatic carbocycles. The molecule has 0 radical (unpaired) electrons. The molecule has 1 amide bonds. The zero-order chi connectivity index (χ0) is 15.2. The molecule has 0 heterocycles. The number of anilines is 1. The monoisotopic (exact) mass is 285 g/mol. The van der Waals surface area contributed by atoms with Crippen molar-refractivity contribution in [2.45, 2.75) is 33.1 Å². The van der Waals surface area contributed by atoms with Crippen LogP contribution in [0.2, 0.25) is 0 Å². The third-order valence-corrected chi connectivity index (χ3v) is 3.47. The maximum Gasteiger partial charge on any atom is 0.224 e. The Hall–Kier alpha value is -2.16. The summed E-state index contributed by atoms with van der Waals surface area (Å²) < 4.78 is 13.6. The summed E-state index contributed by atoms with van der Waals surface area (Å²) in [5.74, 6) is -0.569. The van der Waals surface area contributed by atoms with E-state index in [2.05, 4.69) is 24.4 Å². The number of carbonyl (C=O) groups is 1. The summed E-state index contributed by atoms with van der Waals surface area (Å²) in [6, 6.07) is 12.9. The van der Waals surface area contributed by atoms with Crippen LogP contribution >= 0.6 is 0 Å². The van der Waals surface area contributed by atoms with E-state index in [4.69, 9.17) is 0 Å². The molecule has 2 aromatic carbocycles. The highest BCUT2D eigenvalue weighted by atomic mass is 19.1. The van der Waals surface area contributed by atoms with E-state index in [0.717, 1.165) is 17.5 Å². The minimum atomic E-state index is -0.402. The zero-order valence-electron chi connectivity index (χ0n) is 12.4. The van der Waals surface area contributed by atoms with E-state index in [0.29, 0.717) is 12.8 Å². The number of halogens is 1. The van der Waals surface area contributed by atoms with Gasteiger partial charge in [-0.15, -0.1) is 0 Å². The van der Waals surface area contributed by atoms with Crippen LogP contribution in [0.4, 0.5) is 10.1 Å². The Morgan fingerprint density at radius 2 is 1.76 bits per heavy atom. The normalized spacial score (nSPS) is 10.4. The largest absolute Gasteiger partial charge is 0.324 e. The summed E-state index contributed by atoms with van der Waals surface area (Å²) in [4.78, 5) is 11.9. The molecule has 0 bridgehead atoms. The Kier molecular flexibility index (Phi) is 5.09. The summed E-state index contributed by atoms with van der Waals surface area (Å²) in [6.45, 7) is 3.98. The standard InChI is InChI=1S/C18H20FNO/c1-3-14-5-7-15(8-6-14)9-11-18(21)20-17-12-13(2)4-10-16(17)19/h4-8,10,12H,3,9,11H2,1-2H3,(H,20,21). The Bertz CT molecular complexity index is 620. The van der Waals surface area contributed by atoms with Crippen molar-refractivity contribution in [3.63, 3.8) is 0 Å². The first kappa shape index (κ1) is 15.2. The molecule has 0 aliphatic rings. The van der Waals surface area contributed by atoms with Crippen molar-refractivity contribution >= 4 is 11.6 Å². The van der Waals surface area contributed by atoms with Crippen molar-refractivity contribution in [2.75, 3.05) is 5.32 Å². The van der Waals surface area contributed by atoms with Crippen LogP contribution in [0, 0.1) is 12.7 Å².